The lowest BCUT2D eigenvalue weighted by molar-refractivity contribution is -0.134. The van der Waals surface area contributed by atoms with Gasteiger partial charge in [0.15, 0.2) is 0 Å². The van der Waals surface area contributed by atoms with Gasteiger partial charge in [0.2, 0.25) is 5.91 Å². The highest BCUT2D eigenvalue weighted by atomic mass is 16.5. The average molecular weight is 427 g/mol. The van der Waals surface area contributed by atoms with Crippen molar-refractivity contribution in [2.75, 3.05) is 33.3 Å². The summed E-state index contributed by atoms with van der Waals surface area (Å²) in [5, 5.41) is 1.12. The monoisotopic (exact) mass is 426 g/mol. The van der Waals surface area contributed by atoms with E-state index in [2.05, 4.69) is 4.98 Å². The van der Waals surface area contributed by atoms with Gasteiger partial charge in [-0.05, 0) is 19.8 Å². The molecule has 1 aliphatic heterocycles. The molecule has 31 heavy (non-hydrogen) atoms. The zero-order chi connectivity index (χ0) is 22.5. The van der Waals surface area contributed by atoms with Gasteiger partial charge in [-0.3, -0.25) is 14.4 Å². The second-order valence-electron chi connectivity index (χ2n) is 7.69. The maximum atomic E-state index is 13.1. The number of ether oxygens (including phenoxy) is 1. The molecule has 0 bridgehead atoms. The second-order valence-corrected chi connectivity index (χ2v) is 7.69. The molecule has 2 heterocycles. The maximum Gasteiger partial charge on any atom is 0.295 e. The van der Waals surface area contributed by atoms with Gasteiger partial charge in [0.05, 0.1) is 23.2 Å². The van der Waals surface area contributed by atoms with Crippen LogP contribution < -0.4 is 16.3 Å². The Morgan fingerprint density at radius 1 is 1.16 bits per heavy atom. The first-order valence-electron chi connectivity index (χ1n) is 10.6. The number of rotatable bonds is 5. The summed E-state index contributed by atoms with van der Waals surface area (Å²) in [6.07, 6.45) is 9.45. The van der Waals surface area contributed by atoms with E-state index in [1.165, 1.54) is 18.2 Å². The van der Waals surface area contributed by atoms with Crippen LogP contribution in [0.3, 0.4) is 0 Å². The quantitative estimate of drug-likeness (QED) is 0.523. The predicted molar refractivity (Wildman–Crippen MR) is 118 cm³/mol. The Hall–Kier alpha value is -3.29. The van der Waals surface area contributed by atoms with Gasteiger partial charge in [0.1, 0.15) is 5.76 Å². The zero-order valence-corrected chi connectivity index (χ0v) is 18.4. The minimum Gasteiger partial charge on any atom is -0.500 e. The summed E-state index contributed by atoms with van der Waals surface area (Å²) >= 11 is 0. The number of nitrogens with zero attached hydrogens (tertiary/aromatic N) is 2. The topological polar surface area (TPSA) is 109 Å². The van der Waals surface area contributed by atoms with E-state index in [-0.39, 0.29) is 11.5 Å². The highest BCUT2D eigenvalue weighted by Gasteiger charge is 2.30. The van der Waals surface area contributed by atoms with Crippen molar-refractivity contribution >= 4 is 29.1 Å². The smallest absolute Gasteiger partial charge is 0.295 e. The highest BCUT2D eigenvalue weighted by Crippen LogP contribution is 2.16. The zero-order valence-electron chi connectivity index (χ0n) is 18.4. The molecule has 0 atom stereocenters. The molecule has 0 unspecified atom stereocenters. The number of ketones is 1. The molecule has 0 spiro atoms. The van der Waals surface area contributed by atoms with E-state index in [4.69, 9.17) is 10.5 Å². The van der Waals surface area contributed by atoms with Crippen LogP contribution >= 0.6 is 0 Å². The fraction of sp³-hybridized carbons (Fsp3) is 0.435. The summed E-state index contributed by atoms with van der Waals surface area (Å²) in [4.78, 5) is 44.9. The number of amides is 2. The van der Waals surface area contributed by atoms with E-state index in [0.29, 0.717) is 54.6 Å². The van der Waals surface area contributed by atoms with Crippen LogP contribution in [0.2, 0.25) is 0 Å². The largest absolute Gasteiger partial charge is 0.500 e. The lowest BCUT2D eigenvalue weighted by Gasteiger charge is -2.35. The Balaban J connectivity index is 1.77. The molecule has 3 rings (SSSR count). The van der Waals surface area contributed by atoms with Gasteiger partial charge in [-0.1, -0.05) is 25.2 Å². The Labute approximate surface area is 181 Å². The highest BCUT2D eigenvalue weighted by molar-refractivity contribution is 6.42. The number of piperazine rings is 1. The van der Waals surface area contributed by atoms with Crippen LogP contribution in [0.15, 0.2) is 30.0 Å². The molecule has 0 saturated carbocycles. The Bertz CT molecular complexity index is 1050. The molecule has 1 saturated heterocycles. The molecule has 2 aliphatic rings. The molecule has 1 fully saturated rings. The summed E-state index contributed by atoms with van der Waals surface area (Å²) < 4.78 is 5.45. The number of nitrogens with one attached hydrogen (secondary N) is 1. The first-order valence-corrected chi connectivity index (χ1v) is 10.6. The third kappa shape index (κ3) is 4.57. The average Bonchev–Trinajstić information content (AvgIpc) is 3.24. The molecule has 166 valence electrons. The Kier molecular flexibility index (Phi) is 6.99. The van der Waals surface area contributed by atoms with Crippen molar-refractivity contribution in [3.8, 4) is 0 Å². The van der Waals surface area contributed by atoms with Gasteiger partial charge in [-0.15, -0.1) is 0 Å². The lowest BCUT2D eigenvalue weighted by atomic mass is 10.0. The molecule has 1 aromatic rings. The van der Waals surface area contributed by atoms with Crippen molar-refractivity contribution < 1.29 is 19.1 Å². The normalized spacial score (nSPS) is 18.4. The summed E-state index contributed by atoms with van der Waals surface area (Å²) in [5.41, 5.74) is 7.51. The van der Waals surface area contributed by atoms with E-state index < -0.39 is 11.7 Å². The standard InChI is InChI=1S/C23H30N4O4/c1-4-18(31-3)19-17(14-25-20(19)15(2)24)21(28)23(30)27-12-10-26(11-13-27)22(29)16-8-6-5-7-9-16/h5-6,8,14,25H,4,7,9-13,24H2,1-3H3/b19-18+,20-15-. The Morgan fingerprint density at radius 2 is 1.84 bits per heavy atom. The second kappa shape index (κ2) is 9.68. The van der Waals surface area contributed by atoms with Gasteiger partial charge in [-0.2, -0.15) is 0 Å². The third-order valence-electron chi connectivity index (χ3n) is 5.70. The number of hydrogen-bond donors (Lipinski definition) is 2. The minimum absolute atomic E-state index is 0.0107. The van der Waals surface area contributed by atoms with E-state index >= 15 is 0 Å². The minimum atomic E-state index is -0.610. The van der Waals surface area contributed by atoms with Crippen molar-refractivity contribution in [3.63, 3.8) is 0 Å². The van der Waals surface area contributed by atoms with Crippen molar-refractivity contribution in [2.45, 2.75) is 33.1 Å². The first kappa shape index (κ1) is 22.4. The van der Waals surface area contributed by atoms with Crippen LogP contribution in [0.4, 0.5) is 0 Å². The molecule has 1 aromatic heterocycles. The molecule has 0 radical (unpaired) electrons. The van der Waals surface area contributed by atoms with Gasteiger partial charge < -0.3 is 25.3 Å². The molecule has 0 aromatic carbocycles. The number of H-pyrrole nitrogens is 1. The maximum absolute atomic E-state index is 13.1. The number of aromatic nitrogens is 1. The van der Waals surface area contributed by atoms with Crippen molar-refractivity contribution in [3.05, 3.63) is 46.1 Å². The number of Topliss-reactive ketones (excluding diaryl/α,β-unsaturated/α-hetero) is 1. The molecule has 8 nitrogen and oxygen atoms in total. The van der Waals surface area contributed by atoms with Crippen LogP contribution in [-0.4, -0.2) is 65.7 Å². The fourth-order valence-electron chi connectivity index (χ4n) is 3.98. The molecular formula is C23H30N4O4. The van der Waals surface area contributed by atoms with Crippen LogP contribution in [0.1, 0.15) is 43.5 Å². The number of allylic oxidation sites excluding steroid dienone is 3. The predicted octanol–water partition coefficient (Wildman–Crippen LogP) is 0.396. The van der Waals surface area contributed by atoms with Crippen LogP contribution in [0, 0.1) is 0 Å². The molecule has 3 N–H and O–H groups in total. The lowest BCUT2D eigenvalue weighted by Crippen LogP contribution is -2.52. The number of methoxy groups -OCH3 is 1. The van der Waals surface area contributed by atoms with Gasteiger partial charge in [-0.25, -0.2) is 0 Å². The van der Waals surface area contributed by atoms with E-state index in [1.807, 2.05) is 25.2 Å². The fourth-order valence-corrected chi connectivity index (χ4v) is 3.98. The summed E-state index contributed by atoms with van der Waals surface area (Å²) in [6, 6.07) is 0. The van der Waals surface area contributed by atoms with Gasteiger partial charge >= 0.3 is 0 Å². The number of aromatic amines is 1. The van der Waals surface area contributed by atoms with Crippen LogP contribution in [-0.2, 0) is 14.3 Å². The molecule has 8 heteroatoms. The van der Waals surface area contributed by atoms with Gasteiger partial charge in [0, 0.05) is 50.1 Å². The van der Waals surface area contributed by atoms with Crippen LogP contribution in [0.5, 0.6) is 0 Å². The molecule has 2 amide bonds. The number of nitrogens with two attached hydrogens (primary N) is 1. The first-order chi connectivity index (χ1) is 14.9. The van der Waals surface area contributed by atoms with E-state index in [1.54, 1.807) is 11.8 Å². The summed E-state index contributed by atoms with van der Waals surface area (Å²) in [7, 11) is 1.53. The molecular weight excluding hydrogens is 396 g/mol. The third-order valence-corrected chi connectivity index (χ3v) is 5.70. The molecule has 1 aliphatic carbocycles. The number of carbonyl (C=O) groups excluding carboxylic acids is 3. The number of carbonyl (C=O) groups is 3. The van der Waals surface area contributed by atoms with Crippen molar-refractivity contribution in [1.29, 1.82) is 0 Å². The van der Waals surface area contributed by atoms with E-state index in [9.17, 15) is 14.4 Å². The van der Waals surface area contributed by atoms with Crippen LogP contribution in [0.25, 0.3) is 11.5 Å². The number of hydrogen-bond acceptors (Lipinski definition) is 5. The summed E-state index contributed by atoms with van der Waals surface area (Å²) in [6.45, 7) is 5.09. The summed E-state index contributed by atoms with van der Waals surface area (Å²) in [5.74, 6) is -0.597. The Morgan fingerprint density at radius 3 is 2.39 bits per heavy atom. The SMILES string of the molecule is CC/C(OC)=c1/c(C(=O)C(=O)N2CCN(C(=O)C3=CC=CCC3)CC2)c[nH]/c1=C(/C)N. The van der Waals surface area contributed by atoms with Gasteiger partial charge in [0.25, 0.3) is 11.7 Å². The van der Waals surface area contributed by atoms with Crippen molar-refractivity contribution in [2.24, 2.45) is 5.73 Å². The van der Waals surface area contributed by atoms with E-state index in [0.717, 1.165) is 18.4 Å². The van der Waals surface area contributed by atoms with Crippen molar-refractivity contribution in [1.82, 2.24) is 14.8 Å².